The van der Waals surface area contributed by atoms with Gasteiger partial charge in [-0.15, -0.1) is 0 Å². The Labute approximate surface area is 233 Å². The minimum atomic E-state index is -4.78. The van der Waals surface area contributed by atoms with Crippen LogP contribution in [0.3, 0.4) is 0 Å². The van der Waals surface area contributed by atoms with Gasteiger partial charge >= 0.3 is 6.18 Å². The molecule has 0 radical (unpaired) electrons. The van der Waals surface area contributed by atoms with Gasteiger partial charge in [-0.3, -0.25) is 0 Å². The highest BCUT2D eigenvalue weighted by atomic mass is 19.4. The van der Waals surface area contributed by atoms with Crippen LogP contribution in [0.2, 0.25) is 0 Å². The number of aromatic nitrogens is 4. The Kier molecular flexibility index (Phi) is 7.22. The van der Waals surface area contributed by atoms with Crippen LogP contribution in [0.25, 0.3) is 17.1 Å². The summed E-state index contributed by atoms with van der Waals surface area (Å²) in [5, 5.41) is 6.47. The molecule has 0 spiro atoms. The van der Waals surface area contributed by atoms with Crippen molar-refractivity contribution in [1.82, 2.24) is 25.3 Å². The first-order valence-electron chi connectivity index (χ1n) is 13.0. The van der Waals surface area contributed by atoms with Crippen LogP contribution < -0.4 is 26.2 Å². The Bertz CT molecular complexity index is 1440. The molecule has 0 amide bonds. The molecule has 2 aliphatic rings. The van der Waals surface area contributed by atoms with Crippen LogP contribution in [-0.4, -0.2) is 64.6 Å². The largest absolute Gasteiger partial charge is 0.418 e. The molecule has 5 heterocycles. The van der Waals surface area contributed by atoms with Crippen molar-refractivity contribution in [3.05, 3.63) is 54.5 Å². The number of nitrogens with zero attached hydrogens (tertiary/aromatic N) is 6. The second-order valence-corrected chi connectivity index (χ2v) is 10.5. The summed E-state index contributed by atoms with van der Waals surface area (Å²) in [5.74, 6) is -2.54. The molecule has 4 N–H and O–H groups in total. The molecule has 218 valence electrons. The number of nitrogens with two attached hydrogens (primary N) is 1. The highest BCUT2D eigenvalue weighted by molar-refractivity contribution is 5.82. The molecule has 5 rings (SSSR count). The summed E-state index contributed by atoms with van der Waals surface area (Å²) in [5.41, 5.74) is 5.25. The van der Waals surface area contributed by atoms with Gasteiger partial charge in [0.15, 0.2) is 11.6 Å². The third-order valence-electron chi connectivity index (χ3n) is 7.55. The highest BCUT2D eigenvalue weighted by Gasteiger charge is 2.45. The molecular weight excluding hydrogens is 545 g/mol. The maximum absolute atomic E-state index is 13.9. The third-order valence-corrected chi connectivity index (χ3v) is 7.55. The van der Waals surface area contributed by atoms with E-state index in [1.807, 2.05) is 19.2 Å². The predicted molar refractivity (Wildman–Crippen MR) is 148 cm³/mol. The third kappa shape index (κ3) is 5.87. The van der Waals surface area contributed by atoms with E-state index >= 15 is 0 Å². The van der Waals surface area contributed by atoms with E-state index in [0.29, 0.717) is 5.82 Å². The number of rotatable bonds is 7. The average Bonchev–Trinajstić information content (AvgIpc) is 2.92. The van der Waals surface area contributed by atoms with E-state index < -0.39 is 36.4 Å². The molecule has 3 aromatic rings. The van der Waals surface area contributed by atoms with Crippen LogP contribution in [0.15, 0.2) is 43.2 Å². The van der Waals surface area contributed by atoms with Gasteiger partial charge in [-0.25, -0.2) is 28.7 Å². The van der Waals surface area contributed by atoms with Crippen molar-refractivity contribution in [3.63, 3.8) is 0 Å². The lowest BCUT2D eigenvalue weighted by molar-refractivity contribution is -0.137. The number of nitrogen functional groups attached to an aromatic ring is 1. The number of anilines is 4. The van der Waals surface area contributed by atoms with Gasteiger partial charge < -0.3 is 26.2 Å². The van der Waals surface area contributed by atoms with Gasteiger partial charge in [-0.05, 0) is 51.1 Å². The minimum absolute atomic E-state index is 0.0105. The molecule has 0 aromatic carbocycles. The molecule has 14 heteroatoms. The van der Waals surface area contributed by atoms with Crippen molar-refractivity contribution >= 4 is 28.8 Å². The maximum Gasteiger partial charge on any atom is 0.418 e. The Morgan fingerprint density at radius 2 is 1.76 bits per heavy atom. The number of halogens is 5. The van der Waals surface area contributed by atoms with Gasteiger partial charge in [-0.1, -0.05) is 6.58 Å². The summed E-state index contributed by atoms with van der Waals surface area (Å²) in [6.07, 6.45) is -0.268. The first kappa shape index (κ1) is 28.5. The van der Waals surface area contributed by atoms with Crippen LogP contribution in [0.4, 0.5) is 45.1 Å². The summed E-state index contributed by atoms with van der Waals surface area (Å²) in [7, 11) is 1.95. The summed E-state index contributed by atoms with van der Waals surface area (Å²) in [4.78, 5) is 20.3. The first-order chi connectivity index (χ1) is 19.3. The molecule has 2 fully saturated rings. The molecule has 0 bridgehead atoms. The molecule has 0 aliphatic carbocycles. The molecule has 0 unspecified atom stereocenters. The lowest BCUT2D eigenvalue weighted by atomic mass is 9.90. The Hall–Kier alpha value is -4.07. The number of alkyl halides is 5. The Morgan fingerprint density at radius 3 is 2.39 bits per heavy atom. The fraction of sp³-hybridized carbons (Fsp3) is 0.407. The molecule has 0 saturated carbocycles. The van der Waals surface area contributed by atoms with Crippen LogP contribution >= 0.6 is 0 Å². The van der Waals surface area contributed by atoms with Crippen molar-refractivity contribution in [2.45, 2.75) is 37.4 Å². The van der Waals surface area contributed by atoms with Crippen LogP contribution in [0.5, 0.6) is 0 Å². The molecular formula is C27H30F5N9. The first-order valence-corrected chi connectivity index (χ1v) is 13.0. The van der Waals surface area contributed by atoms with Crippen molar-refractivity contribution < 1.29 is 22.0 Å². The van der Waals surface area contributed by atoms with E-state index in [1.165, 1.54) is 4.90 Å². The fourth-order valence-corrected chi connectivity index (χ4v) is 4.90. The molecule has 3 aromatic heterocycles. The molecule has 2 saturated heterocycles. The number of hydrogen-bond acceptors (Lipinski definition) is 9. The second kappa shape index (κ2) is 10.4. The van der Waals surface area contributed by atoms with Crippen LogP contribution in [-0.2, 0) is 6.18 Å². The zero-order valence-corrected chi connectivity index (χ0v) is 22.6. The monoisotopic (exact) mass is 575 g/mol. The van der Waals surface area contributed by atoms with E-state index in [1.54, 1.807) is 6.20 Å². The topological polar surface area (TPSA) is 108 Å². The molecule has 9 nitrogen and oxygen atoms in total. The average molecular weight is 576 g/mol. The quantitative estimate of drug-likeness (QED) is 0.347. The number of hydrogen-bond donors (Lipinski definition) is 3. The van der Waals surface area contributed by atoms with Gasteiger partial charge in [-0.2, -0.15) is 13.2 Å². The summed E-state index contributed by atoms with van der Waals surface area (Å²) < 4.78 is 68.6. The SMILES string of the molecule is C=C(Nc1ncccc1N1CCC(C)(NC)CC1)c1nc(-c2nc(N3CC(F)(F)C3)ccc2C(F)(F)F)cnc1N. The lowest BCUT2D eigenvalue weighted by Gasteiger charge is -2.40. The number of nitrogens with one attached hydrogen (secondary N) is 2. The van der Waals surface area contributed by atoms with E-state index in [4.69, 9.17) is 5.73 Å². The highest BCUT2D eigenvalue weighted by Crippen LogP contribution is 2.39. The normalized spacial score (nSPS) is 18.1. The standard InChI is InChI=1S/C27H30F5N9/c1-16(37-24-19(5-4-10-35-24)40-11-8-25(2,34-3)9-12-40)21-23(33)36-13-18(38-21)22-17(27(30,31)32)6-7-20(39-22)41-14-26(28,29)15-41/h4-7,10,13,34H,1,8-9,11-12,14-15H2,2-3H3,(H2,33,36)(H,35,37). The van der Waals surface area contributed by atoms with E-state index in [9.17, 15) is 22.0 Å². The van der Waals surface area contributed by atoms with Crippen LogP contribution in [0.1, 0.15) is 31.0 Å². The van der Waals surface area contributed by atoms with Crippen LogP contribution in [0, 0.1) is 0 Å². The number of piperidine rings is 1. The zero-order valence-electron chi connectivity index (χ0n) is 22.6. The molecule has 2 aliphatic heterocycles. The van der Waals surface area contributed by atoms with Crippen molar-refractivity contribution in [1.29, 1.82) is 0 Å². The summed E-state index contributed by atoms with van der Waals surface area (Å²) in [6, 6.07) is 5.60. The maximum atomic E-state index is 13.9. The molecule has 41 heavy (non-hydrogen) atoms. The number of pyridine rings is 2. The second-order valence-electron chi connectivity index (χ2n) is 10.5. The van der Waals surface area contributed by atoms with E-state index in [2.05, 4.69) is 49.0 Å². The molecule has 0 atom stereocenters. The van der Waals surface area contributed by atoms with E-state index in [-0.39, 0.29) is 34.3 Å². The smallest absolute Gasteiger partial charge is 0.382 e. The van der Waals surface area contributed by atoms with Gasteiger partial charge in [0, 0.05) is 24.8 Å². The van der Waals surface area contributed by atoms with Crippen molar-refractivity contribution in [2.24, 2.45) is 0 Å². The fourth-order valence-electron chi connectivity index (χ4n) is 4.90. The Morgan fingerprint density at radius 1 is 1.05 bits per heavy atom. The Balaban J connectivity index is 1.44. The van der Waals surface area contributed by atoms with Gasteiger partial charge in [0.1, 0.15) is 22.9 Å². The summed E-state index contributed by atoms with van der Waals surface area (Å²) in [6.45, 7) is 6.47. The minimum Gasteiger partial charge on any atom is -0.382 e. The summed E-state index contributed by atoms with van der Waals surface area (Å²) >= 11 is 0. The van der Waals surface area contributed by atoms with Crippen molar-refractivity contribution in [3.8, 4) is 11.4 Å². The van der Waals surface area contributed by atoms with E-state index in [0.717, 1.165) is 49.9 Å². The van der Waals surface area contributed by atoms with Gasteiger partial charge in [0.2, 0.25) is 0 Å². The van der Waals surface area contributed by atoms with Crippen molar-refractivity contribution in [2.75, 3.05) is 54.1 Å². The van der Waals surface area contributed by atoms with Gasteiger partial charge in [0.05, 0.1) is 36.2 Å². The zero-order chi connectivity index (χ0) is 29.6. The van der Waals surface area contributed by atoms with Gasteiger partial charge in [0.25, 0.3) is 5.92 Å². The predicted octanol–water partition coefficient (Wildman–Crippen LogP) is 4.65. The lowest BCUT2D eigenvalue weighted by Crippen LogP contribution is -2.56.